The van der Waals surface area contributed by atoms with Crippen LogP contribution in [0.3, 0.4) is 0 Å². The summed E-state index contributed by atoms with van der Waals surface area (Å²) in [5.41, 5.74) is 3.83. The smallest absolute Gasteiger partial charge is 0.316 e. The van der Waals surface area contributed by atoms with Gasteiger partial charge in [-0.1, -0.05) is 55.0 Å². The van der Waals surface area contributed by atoms with Crippen LogP contribution in [-0.2, 0) is 16.1 Å². The molecule has 0 bridgehead atoms. The van der Waals surface area contributed by atoms with Crippen LogP contribution in [0.2, 0.25) is 0 Å². The van der Waals surface area contributed by atoms with E-state index in [0.29, 0.717) is 16.9 Å². The van der Waals surface area contributed by atoms with Crippen LogP contribution in [0.15, 0.2) is 40.0 Å². The number of thioether (sulfide) groups is 1. The predicted octanol–water partition coefficient (Wildman–Crippen LogP) is 4.10. The summed E-state index contributed by atoms with van der Waals surface area (Å²) in [5, 5.41) is 4.50. The van der Waals surface area contributed by atoms with Gasteiger partial charge in [-0.15, -0.1) is 0 Å². The van der Waals surface area contributed by atoms with Crippen LogP contribution in [0.5, 0.6) is 0 Å². The van der Waals surface area contributed by atoms with E-state index in [1.807, 2.05) is 44.2 Å². The van der Waals surface area contributed by atoms with Crippen LogP contribution in [0.1, 0.15) is 42.6 Å². The zero-order chi connectivity index (χ0) is 20.1. The van der Waals surface area contributed by atoms with Gasteiger partial charge in [-0.05, 0) is 31.4 Å². The van der Waals surface area contributed by atoms with Crippen molar-refractivity contribution in [2.45, 2.75) is 45.4 Å². The van der Waals surface area contributed by atoms with E-state index < -0.39 is 5.97 Å². The molecule has 28 heavy (non-hydrogen) atoms. The minimum absolute atomic E-state index is 0.0653. The molecule has 146 valence electrons. The van der Waals surface area contributed by atoms with Gasteiger partial charge in [-0.2, -0.15) is 4.98 Å². The summed E-state index contributed by atoms with van der Waals surface area (Å²) >= 11 is 1.23. The molecular formula is C20H22N4O3S. The lowest BCUT2D eigenvalue weighted by Crippen LogP contribution is -2.08. The van der Waals surface area contributed by atoms with Crippen LogP contribution in [0.4, 0.5) is 0 Å². The van der Waals surface area contributed by atoms with Crippen molar-refractivity contribution in [2.75, 3.05) is 5.75 Å². The Morgan fingerprint density at radius 1 is 1.11 bits per heavy atom. The maximum absolute atomic E-state index is 11.9. The van der Waals surface area contributed by atoms with Gasteiger partial charge in [0.1, 0.15) is 0 Å². The molecule has 7 nitrogen and oxygen atoms in total. The second kappa shape index (κ2) is 8.97. The third kappa shape index (κ3) is 5.39. The molecule has 0 unspecified atom stereocenters. The number of esters is 1. The van der Waals surface area contributed by atoms with Crippen molar-refractivity contribution < 1.29 is 14.1 Å². The highest BCUT2D eigenvalue weighted by Crippen LogP contribution is 2.21. The van der Waals surface area contributed by atoms with Gasteiger partial charge >= 0.3 is 5.97 Å². The summed E-state index contributed by atoms with van der Waals surface area (Å²) in [5.74, 6) is 0.902. The van der Waals surface area contributed by atoms with Crippen molar-refractivity contribution in [1.82, 2.24) is 20.1 Å². The zero-order valence-corrected chi connectivity index (χ0v) is 17.1. The first kappa shape index (κ1) is 20.0. The number of hydrogen-bond acceptors (Lipinski definition) is 8. The van der Waals surface area contributed by atoms with E-state index in [9.17, 15) is 4.79 Å². The third-order valence-electron chi connectivity index (χ3n) is 3.94. The van der Waals surface area contributed by atoms with E-state index in [2.05, 4.69) is 34.0 Å². The van der Waals surface area contributed by atoms with Gasteiger partial charge in [0.15, 0.2) is 11.8 Å². The fraction of sp³-hybridized carbons (Fsp3) is 0.350. The SMILES string of the molecule is Cc1cc(C)nc(SCC(=O)OCc2nc(-c3ccc(C(C)C)cc3)no2)n1. The van der Waals surface area contributed by atoms with E-state index in [-0.39, 0.29) is 18.3 Å². The Kier molecular flexibility index (Phi) is 6.41. The fourth-order valence-electron chi connectivity index (χ4n) is 2.51. The van der Waals surface area contributed by atoms with E-state index in [1.165, 1.54) is 17.3 Å². The van der Waals surface area contributed by atoms with Gasteiger partial charge in [-0.3, -0.25) is 4.79 Å². The molecule has 0 aliphatic carbocycles. The second-order valence-corrected chi connectivity index (χ2v) is 7.61. The number of ether oxygens (including phenoxy) is 1. The van der Waals surface area contributed by atoms with Crippen LogP contribution >= 0.6 is 11.8 Å². The molecule has 0 saturated heterocycles. The summed E-state index contributed by atoms with van der Waals surface area (Å²) in [6.07, 6.45) is 0. The lowest BCUT2D eigenvalue weighted by atomic mass is 10.0. The predicted molar refractivity (Wildman–Crippen MR) is 106 cm³/mol. The molecular weight excluding hydrogens is 376 g/mol. The molecule has 1 aromatic carbocycles. The Bertz CT molecular complexity index is 934. The highest BCUT2D eigenvalue weighted by molar-refractivity contribution is 7.99. The monoisotopic (exact) mass is 398 g/mol. The Balaban J connectivity index is 1.51. The Hall–Kier alpha value is -2.74. The van der Waals surface area contributed by atoms with Gasteiger partial charge in [0.2, 0.25) is 5.82 Å². The van der Waals surface area contributed by atoms with Gasteiger partial charge in [0.25, 0.3) is 5.89 Å². The maximum Gasteiger partial charge on any atom is 0.316 e. The lowest BCUT2D eigenvalue weighted by Gasteiger charge is -2.04. The average Bonchev–Trinajstić information content (AvgIpc) is 3.13. The molecule has 0 amide bonds. The van der Waals surface area contributed by atoms with Gasteiger partial charge in [0.05, 0.1) is 5.75 Å². The van der Waals surface area contributed by atoms with Crippen LogP contribution in [0.25, 0.3) is 11.4 Å². The number of hydrogen-bond donors (Lipinski definition) is 0. The molecule has 3 aromatic rings. The van der Waals surface area contributed by atoms with Gasteiger partial charge < -0.3 is 9.26 Å². The number of aryl methyl sites for hydroxylation is 2. The Morgan fingerprint density at radius 2 is 1.79 bits per heavy atom. The molecule has 2 aromatic heterocycles. The van der Waals surface area contributed by atoms with Crippen LogP contribution in [-0.4, -0.2) is 31.8 Å². The standard InChI is InChI=1S/C20H22N4O3S/c1-12(2)15-5-7-16(8-6-15)19-23-17(27-24-19)10-26-18(25)11-28-20-21-13(3)9-14(4)22-20/h5-9,12H,10-11H2,1-4H3. The number of nitrogens with zero attached hydrogens (tertiary/aromatic N) is 4. The van der Waals surface area contributed by atoms with Crippen molar-refractivity contribution in [2.24, 2.45) is 0 Å². The van der Waals surface area contributed by atoms with E-state index in [0.717, 1.165) is 17.0 Å². The normalized spacial score (nSPS) is 11.0. The quantitative estimate of drug-likeness (QED) is 0.334. The first-order valence-electron chi connectivity index (χ1n) is 8.94. The Labute approximate surface area is 167 Å². The number of benzene rings is 1. The highest BCUT2D eigenvalue weighted by atomic mass is 32.2. The third-order valence-corrected chi connectivity index (χ3v) is 4.76. The van der Waals surface area contributed by atoms with E-state index in [4.69, 9.17) is 9.26 Å². The summed E-state index contributed by atoms with van der Waals surface area (Å²) in [6, 6.07) is 9.88. The molecule has 2 heterocycles. The minimum atomic E-state index is -0.395. The van der Waals surface area contributed by atoms with Gasteiger partial charge in [-0.25, -0.2) is 9.97 Å². The summed E-state index contributed by atoms with van der Waals surface area (Å²) in [7, 11) is 0. The zero-order valence-electron chi connectivity index (χ0n) is 16.3. The van der Waals surface area contributed by atoms with Crippen molar-refractivity contribution in [3.63, 3.8) is 0 Å². The number of rotatable bonds is 7. The molecule has 0 spiro atoms. The Morgan fingerprint density at radius 3 is 2.43 bits per heavy atom. The molecule has 0 saturated carbocycles. The number of carbonyl (C=O) groups excluding carboxylic acids is 1. The van der Waals surface area contributed by atoms with Crippen LogP contribution in [0, 0.1) is 13.8 Å². The summed E-state index contributed by atoms with van der Waals surface area (Å²) in [6.45, 7) is 7.99. The maximum atomic E-state index is 11.9. The highest BCUT2D eigenvalue weighted by Gasteiger charge is 2.13. The molecule has 0 atom stereocenters. The van der Waals surface area contributed by atoms with Crippen molar-refractivity contribution in [3.05, 3.63) is 53.2 Å². The molecule has 0 fully saturated rings. The second-order valence-electron chi connectivity index (χ2n) is 6.67. The summed E-state index contributed by atoms with van der Waals surface area (Å²) in [4.78, 5) is 24.8. The molecule has 0 radical (unpaired) electrons. The van der Waals surface area contributed by atoms with Crippen LogP contribution < -0.4 is 0 Å². The largest absolute Gasteiger partial charge is 0.455 e. The van der Waals surface area contributed by atoms with Crippen molar-refractivity contribution in [3.8, 4) is 11.4 Å². The molecule has 8 heteroatoms. The minimum Gasteiger partial charge on any atom is -0.455 e. The number of carbonyl (C=O) groups is 1. The van der Waals surface area contributed by atoms with Crippen molar-refractivity contribution in [1.29, 1.82) is 0 Å². The average molecular weight is 398 g/mol. The first-order valence-corrected chi connectivity index (χ1v) is 9.93. The number of aromatic nitrogens is 4. The fourth-order valence-corrected chi connectivity index (χ4v) is 3.26. The molecule has 0 N–H and O–H groups in total. The van der Waals surface area contributed by atoms with Crippen molar-refractivity contribution >= 4 is 17.7 Å². The molecule has 0 aliphatic heterocycles. The first-order chi connectivity index (χ1) is 13.4. The topological polar surface area (TPSA) is 91.0 Å². The molecule has 0 aliphatic rings. The van der Waals surface area contributed by atoms with E-state index >= 15 is 0 Å². The van der Waals surface area contributed by atoms with E-state index in [1.54, 1.807) is 0 Å². The van der Waals surface area contributed by atoms with Gasteiger partial charge in [0, 0.05) is 17.0 Å². The lowest BCUT2D eigenvalue weighted by molar-refractivity contribution is -0.142. The molecule has 3 rings (SSSR count). The summed E-state index contributed by atoms with van der Waals surface area (Å²) < 4.78 is 10.4.